The summed E-state index contributed by atoms with van der Waals surface area (Å²) in [6.45, 7) is 6.21. The van der Waals surface area contributed by atoms with Crippen LogP contribution in [-0.4, -0.2) is 65.0 Å². The summed E-state index contributed by atoms with van der Waals surface area (Å²) in [5.41, 5.74) is 5.68. The first-order chi connectivity index (χ1) is 19.6. The van der Waals surface area contributed by atoms with Crippen LogP contribution in [0.2, 0.25) is 0 Å². The van der Waals surface area contributed by atoms with Crippen LogP contribution in [0.1, 0.15) is 56.2 Å². The van der Waals surface area contributed by atoms with Crippen LogP contribution in [0, 0.1) is 40.9 Å². The Labute approximate surface area is 238 Å². The van der Waals surface area contributed by atoms with Gasteiger partial charge in [0, 0.05) is 43.4 Å². The van der Waals surface area contributed by atoms with E-state index in [9.17, 15) is 23.2 Å². The van der Waals surface area contributed by atoms with Crippen LogP contribution < -0.4 is 16.5 Å². The Morgan fingerprint density at radius 1 is 1.20 bits per heavy atom. The minimum atomic E-state index is -4.60. The molecule has 12 heteroatoms. The average Bonchev–Trinajstić information content (AvgIpc) is 3.47. The van der Waals surface area contributed by atoms with Crippen LogP contribution in [0.5, 0.6) is 0 Å². The Kier molecular flexibility index (Phi) is 7.93. The molecule has 41 heavy (non-hydrogen) atoms. The first-order valence-electron chi connectivity index (χ1n) is 14.8. The molecule has 0 radical (unpaired) electrons. The number of alkyl halides is 3. The number of nitrogens with one attached hydrogen (secondary N) is 2. The number of nitriles is 1. The number of rotatable bonds is 6. The monoisotopic (exact) mass is 575 g/mol. The number of pyridine rings is 1. The molecule has 0 bridgehead atoms. The second kappa shape index (κ2) is 11.3. The topological polar surface area (TPSA) is 90.0 Å². The highest BCUT2D eigenvalue weighted by atomic mass is 19.4. The fraction of sp³-hybridized carbons (Fsp3) is 0.724. The first kappa shape index (κ1) is 28.7. The van der Waals surface area contributed by atoms with Crippen molar-refractivity contribution in [3.05, 3.63) is 40.1 Å². The predicted molar refractivity (Wildman–Crippen MR) is 146 cm³/mol. The quantitative estimate of drug-likeness (QED) is 0.546. The van der Waals surface area contributed by atoms with Crippen LogP contribution in [-0.2, 0) is 17.5 Å². The lowest BCUT2D eigenvalue weighted by atomic mass is 9.67. The van der Waals surface area contributed by atoms with Crippen molar-refractivity contribution in [2.45, 2.75) is 64.0 Å². The van der Waals surface area contributed by atoms with Crippen molar-refractivity contribution < 1.29 is 17.9 Å². The second-order valence-electron chi connectivity index (χ2n) is 12.8. The van der Waals surface area contributed by atoms with Crippen LogP contribution in [0.15, 0.2) is 23.3 Å². The number of ether oxygens (including phenoxy) is 1. The lowest BCUT2D eigenvalue weighted by Gasteiger charge is -2.46. The van der Waals surface area contributed by atoms with E-state index in [1.54, 1.807) is 6.20 Å². The summed E-state index contributed by atoms with van der Waals surface area (Å²) in [7, 11) is 2.04. The number of likely N-dealkylation sites (tertiary alicyclic amines) is 1. The maximum absolute atomic E-state index is 14.3. The molecule has 9 nitrogen and oxygen atoms in total. The van der Waals surface area contributed by atoms with Crippen molar-refractivity contribution >= 4 is 5.52 Å². The molecule has 0 aromatic carbocycles. The lowest BCUT2D eigenvalue weighted by molar-refractivity contribution is -0.136. The molecule has 4 aliphatic rings. The zero-order chi connectivity index (χ0) is 28.9. The summed E-state index contributed by atoms with van der Waals surface area (Å²) >= 11 is 0. The van der Waals surface area contributed by atoms with Crippen LogP contribution in [0.4, 0.5) is 13.2 Å². The van der Waals surface area contributed by atoms with Gasteiger partial charge in [0.15, 0.2) is 0 Å². The van der Waals surface area contributed by atoms with Crippen LogP contribution in [0.25, 0.3) is 5.52 Å². The smallest absolute Gasteiger partial charge is 0.381 e. The molecule has 2 aromatic rings. The van der Waals surface area contributed by atoms with Crippen molar-refractivity contribution in [2.24, 2.45) is 29.6 Å². The number of piperidine rings is 1. The number of hydrogen-bond acceptors (Lipinski definition) is 7. The second-order valence-corrected chi connectivity index (χ2v) is 12.8. The number of hydrazine groups is 1. The van der Waals surface area contributed by atoms with Crippen molar-refractivity contribution in [1.82, 2.24) is 29.6 Å². The SMILES string of the molecule is C[C@H]1CCCN(Cc2cc(C(F)(F)F)c3cn(C4CC(C#N)CC([C@@H](C5COC5)C5NNCN5C)C4)c(=O)n3c2)C1. The Balaban J connectivity index is 1.35. The molecule has 1 saturated carbocycles. The van der Waals surface area contributed by atoms with Crippen molar-refractivity contribution in [3.8, 4) is 6.07 Å². The van der Waals surface area contributed by atoms with E-state index < -0.39 is 17.4 Å². The fourth-order valence-electron chi connectivity index (χ4n) is 7.76. The average molecular weight is 576 g/mol. The minimum Gasteiger partial charge on any atom is -0.381 e. The summed E-state index contributed by atoms with van der Waals surface area (Å²) < 4.78 is 51.2. The molecule has 0 amide bonds. The summed E-state index contributed by atoms with van der Waals surface area (Å²) in [6, 6.07) is 3.27. The first-order valence-corrected chi connectivity index (χ1v) is 14.8. The van der Waals surface area contributed by atoms with E-state index in [0.717, 1.165) is 25.9 Å². The van der Waals surface area contributed by atoms with Crippen LogP contribution in [0.3, 0.4) is 0 Å². The summed E-state index contributed by atoms with van der Waals surface area (Å²) in [5.74, 6) is 0.825. The van der Waals surface area contributed by atoms with Gasteiger partial charge in [-0.05, 0) is 75.1 Å². The van der Waals surface area contributed by atoms with Gasteiger partial charge in [-0.2, -0.15) is 18.4 Å². The molecule has 4 unspecified atom stereocenters. The third-order valence-corrected chi connectivity index (χ3v) is 9.77. The molecule has 2 N–H and O–H groups in total. The molecular formula is C29H40F3N7O2. The molecule has 5 heterocycles. The normalized spacial score (nSPS) is 31.3. The van der Waals surface area contributed by atoms with Crippen LogP contribution >= 0.6 is 0 Å². The molecule has 2 aromatic heterocycles. The van der Waals surface area contributed by atoms with Gasteiger partial charge >= 0.3 is 11.9 Å². The van der Waals surface area contributed by atoms with Crippen molar-refractivity contribution in [1.29, 1.82) is 5.26 Å². The molecule has 3 saturated heterocycles. The number of halogens is 3. The maximum atomic E-state index is 14.3. The van der Waals surface area contributed by atoms with Gasteiger partial charge in [-0.1, -0.05) is 6.92 Å². The van der Waals surface area contributed by atoms with Gasteiger partial charge in [0.25, 0.3) is 0 Å². The highest BCUT2D eigenvalue weighted by Gasteiger charge is 2.46. The minimum absolute atomic E-state index is 0.0497. The zero-order valence-corrected chi connectivity index (χ0v) is 23.7. The number of nitrogens with zero attached hydrogens (tertiary/aromatic N) is 5. The Morgan fingerprint density at radius 2 is 2.00 bits per heavy atom. The van der Waals surface area contributed by atoms with E-state index in [1.165, 1.54) is 21.2 Å². The Morgan fingerprint density at radius 3 is 2.63 bits per heavy atom. The number of fused-ring (bicyclic) bond motifs is 1. The van der Waals surface area contributed by atoms with Gasteiger partial charge in [0.1, 0.15) is 0 Å². The highest BCUT2D eigenvalue weighted by molar-refractivity contribution is 5.56. The predicted octanol–water partition coefficient (Wildman–Crippen LogP) is 3.42. The molecule has 224 valence electrons. The van der Waals surface area contributed by atoms with E-state index in [0.29, 0.717) is 63.1 Å². The largest absolute Gasteiger partial charge is 0.418 e. The van der Waals surface area contributed by atoms with Gasteiger partial charge in [0.05, 0.1) is 43.2 Å². The van der Waals surface area contributed by atoms with Gasteiger partial charge < -0.3 is 4.74 Å². The van der Waals surface area contributed by atoms with E-state index in [1.807, 2.05) is 7.05 Å². The van der Waals surface area contributed by atoms with E-state index in [4.69, 9.17) is 4.74 Å². The van der Waals surface area contributed by atoms with Gasteiger partial charge in [-0.15, -0.1) is 0 Å². The Hall–Kier alpha value is -2.43. The third-order valence-electron chi connectivity index (χ3n) is 9.77. The molecule has 0 spiro atoms. The molecule has 3 aliphatic heterocycles. The molecule has 1 aliphatic carbocycles. The summed E-state index contributed by atoms with van der Waals surface area (Å²) in [5, 5.41) is 9.99. The van der Waals surface area contributed by atoms with Crippen molar-refractivity contribution in [2.75, 3.05) is 40.0 Å². The van der Waals surface area contributed by atoms with Crippen molar-refractivity contribution in [3.63, 3.8) is 0 Å². The fourth-order valence-corrected chi connectivity index (χ4v) is 7.76. The van der Waals surface area contributed by atoms with E-state index >= 15 is 0 Å². The number of hydrogen-bond donors (Lipinski definition) is 2. The molecular weight excluding hydrogens is 535 g/mol. The third kappa shape index (κ3) is 5.67. The van der Waals surface area contributed by atoms with Gasteiger partial charge in [-0.3, -0.25) is 18.8 Å². The molecule has 6 atom stereocenters. The standard InChI is InChI=1S/C29H40F3N7O2/c1-18-4-3-5-37(11-18)12-20-8-24(29(30,31)32)25-14-38(28(40)39(25)13-20)23-7-19(10-33)6-21(9-23)26(22-15-41-16-22)27-35-34-17-36(27)2/h8,13-14,18-19,21-23,26-27,34-35H,3-7,9,11-12,15-17H2,1-2H3/t18-,19?,21?,23?,26-,27?/m0/s1. The zero-order valence-electron chi connectivity index (χ0n) is 23.7. The molecule has 6 rings (SSSR count). The highest BCUT2D eigenvalue weighted by Crippen LogP contribution is 2.45. The maximum Gasteiger partial charge on any atom is 0.418 e. The summed E-state index contributed by atoms with van der Waals surface area (Å²) in [4.78, 5) is 18.2. The lowest BCUT2D eigenvalue weighted by Crippen LogP contribution is -2.53. The van der Waals surface area contributed by atoms with Gasteiger partial charge in [-0.25, -0.2) is 15.6 Å². The Bertz CT molecular complexity index is 1350. The molecule has 4 fully saturated rings. The summed E-state index contributed by atoms with van der Waals surface area (Å²) in [6.07, 6.45) is 2.33. The number of imidazole rings is 1. The number of aromatic nitrogens is 2. The van der Waals surface area contributed by atoms with E-state index in [2.05, 4.69) is 33.6 Å². The van der Waals surface area contributed by atoms with Gasteiger partial charge in [0.2, 0.25) is 0 Å². The van der Waals surface area contributed by atoms with E-state index in [-0.39, 0.29) is 35.5 Å².